The highest BCUT2D eigenvalue weighted by Crippen LogP contribution is 2.30. The van der Waals surface area contributed by atoms with Crippen LogP contribution >= 0.6 is 11.8 Å². The maximum Gasteiger partial charge on any atom is 0.244 e. The molecule has 25 heavy (non-hydrogen) atoms. The molecule has 0 N–H and O–H groups in total. The van der Waals surface area contributed by atoms with E-state index in [0.29, 0.717) is 37.7 Å². The van der Waals surface area contributed by atoms with E-state index in [9.17, 15) is 18.3 Å². The van der Waals surface area contributed by atoms with Crippen molar-refractivity contribution in [1.29, 1.82) is 0 Å². The average molecular weight is 385 g/mol. The molecule has 0 amide bonds. The standard InChI is InChI=1S/C14H18N4O5S2/c19-14(20)13-18(7-10-24-13)25(21,22)12-3-1-11(2-4-12)15-16-17-5-8-23-9-6-17/h1-4,13H,5-10H2,(H,19,20)/p-1/t13-/m1/s1. The number of rotatable bonds is 5. The second kappa shape index (κ2) is 7.68. The Kier molecular flexibility index (Phi) is 5.57. The molecule has 0 aliphatic carbocycles. The first-order valence-electron chi connectivity index (χ1n) is 7.67. The van der Waals surface area contributed by atoms with Gasteiger partial charge in [0.2, 0.25) is 10.0 Å². The Morgan fingerprint density at radius 2 is 1.88 bits per heavy atom. The maximum atomic E-state index is 12.6. The van der Waals surface area contributed by atoms with E-state index < -0.39 is 21.4 Å². The zero-order valence-corrected chi connectivity index (χ0v) is 14.9. The molecule has 0 unspecified atom stereocenters. The van der Waals surface area contributed by atoms with E-state index in [1.54, 1.807) is 5.01 Å². The van der Waals surface area contributed by atoms with Crippen LogP contribution in [0.25, 0.3) is 0 Å². The maximum absolute atomic E-state index is 12.6. The summed E-state index contributed by atoms with van der Waals surface area (Å²) < 4.78 is 31.4. The topological polar surface area (TPSA) is 115 Å². The number of thioether (sulfide) groups is 1. The van der Waals surface area contributed by atoms with Crippen LogP contribution in [0, 0.1) is 0 Å². The molecule has 136 valence electrons. The summed E-state index contributed by atoms with van der Waals surface area (Å²) >= 11 is 1.04. The summed E-state index contributed by atoms with van der Waals surface area (Å²) in [6, 6.07) is 5.87. The number of carboxylic acid groups (broad SMARTS) is 1. The number of carbonyl (C=O) groups excluding carboxylic acids is 1. The van der Waals surface area contributed by atoms with Gasteiger partial charge in [0.1, 0.15) is 5.37 Å². The molecule has 1 aromatic carbocycles. The first-order valence-corrected chi connectivity index (χ1v) is 10.2. The number of carbonyl (C=O) groups is 1. The molecular formula is C14H17N4O5S2-. The minimum atomic E-state index is -3.89. The molecule has 2 heterocycles. The normalized spacial score (nSPS) is 22.6. The fourth-order valence-corrected chi connectivity index (χ4v) is 5.46. The van der Waals surface area contributed by atoms with Crippen LogP contribution in [0.5, 0.6) is 0 Å². The number of aliphatic carboxylic acids is 1. The summed E-state index contributed by atoms with van der Waals surface area (Å²) in [5, 5.41) is 19.8. The zero-order valence-electron chi connectivity index (χ0n) is 13.3. The average Bonchev–Trinajstić information content (AvgIpc) is 3.12. The molecule has 0 radical (unpaired) electrons. The van der Waals surface area contributed by atoms with Gasteiger partial charge in [0.05, 0.1) is 42.9 Å². The minimum absolute atomic E-state index is 0.0200. The molecular weight excluding hydrogens is 368 g/mol. The quantitative estimate of drug-likeness (QED) is 0.646. The van der Waals surface area contributed by atoms with Crippen LogP contribution in [-0.4, -0.2) is 67.7 Å². The molecule has 1 aromatic rings. The van der Waals surface area contributed by atoms with Gasteiger partial charge in [-0.1, -0.05) is 5.22 Å². The second-order valence-electron chi connectivity index (χ2n) is 5.41. The van der Waals surface area contributed by atoms with Gasteiger partial charge in [-0.05, 0) is 24.3 Å². The molecule has 3 rings (SSSR count). The Balaban J connectivity index is 1.72. The van der Waals surface area contributed by atoms with Crippen LogP contribution < -0.4 is 5.11 Å². The molecule has 2 aliphatic rings. The number of morpholine rings is 1. The highest BCUT2D eigenvalue weighted by Gasteiger charge is 2.36. The van der Waals surface area contributed by atoms with Crippen LogP contribution in [-0.2, 0) is 19.6 Å². The molecule has 2 aliphatic heterocycles. The Bertz CT molecular complexity index is 747. The van der Waals surface area contributed by atoms with Crippen molar-refractivity contribution in [3.05, 3.63) is 24.3 Å². The lowest BCUT2D eigenvalue weighted by molar-refractivity contribution is -0.306. The summed E-state index contributed by atoms with van der Waals surface area (Å²) in [5.74, 6) is -0.981. The summed E-state index contributed by atoms with van der Waals surface area (Å²) in [5.41, 5.74) is 0.512. The van der Waals surface area contributed by atoms with Crippen molar-refractivity contribution >= 4 is 33.4 Å². The van der Waals surface area contributed by atoms with Crippen molar-refractivity contribution < 1.29 is 23.1 Å². The van der Waals surface area contributed by atoms with E-state index in [-0.39, 0.29) is 11.4 Å². The van der Waals surface area contributed by atoms with Crippen LogP contribution in [0.3, 0.4) is 0 Å². The molecule has 0 saturated carbocycles. The van der Waals surface area contributed by atoms with Gasteiger partial charge in [-0.3, -0.25) is 5.01 Å². The Labute approximate surface area is 149 Å². The van der Waals surface area contributed by atoms with Crippen molar-refractivity contribution in [2.24, 2.45) is 10.3 Å². The molecule has 1 atom stereocenters. The van der Waals surface area contributed by atoms with E-state index in [1.165, 1.54) is 24.3 Å². The van der Waals surface area contributed by atoms with Crippen molar-refractivity contribution in [2.45, 2.75) is 10.3 Å². The van der Waals surface area contributed by atoms with Crippen molar-refractivity contribution in [3.8, 4) is 0 Å². The number of ether oxygens (including phenoxy) is 1. The molecule has 2 saturated heterocycles. The first kappa shape index (κ1) is 18.1. The van der Waals surface area contributed by atoms with Crippen LogP contribution in [0.4, 0.5) is 5.69 Å². The van der Waals surface area contributed by atoms with Gasteiger partial charge < -0.3 is 14.6 Å². The predicted octanol–water partition coefficient (Wildman–Crippen LogP) is -0.169. The second-order valence-corrected chi connectivity index (χ2v) is 8.49. The first-order chi connectivity index (χ1) is 12.0. The lowest BCUT2D eigenvalue weighted by Gasteiger charge is -2.23. The lowest BCUT2D eigenvalue weighted by atomic mass is 10.3. The van der Waals surface area contributed by atoms with Crippen LogP contribution in [0.15, 0.2) is 39.5 Å². The van der Waals surface area contributed by atoms with Gasteiger partial charge in [0.15, 0.2) is 0 Å². The molecule has 0 spiro atoms. The van der Waals surface area contributed by atoms with Gasteiger partial charge in [-0.15, -0.1) is 16.9 Å². The molecule has 0 bridgehead atoms. The molecule has 2 fully saturated rings. The van der Waals surface area contributed by atoms with Gasteiger partial charge in [0, 0.05) is 12.3 Å². The van der Waals surface area contributed by atoms with E-state index in [2.05, 4.69) is 10.3 Å². The Morgan fingerprint density at radius 1 is 1.20 bits per heavy atom. The van der Waals surface area contributed by atoms with E-state index in [0.717, 1.165) is 16.1 Å². The summed E-state index contributed by atoms with van der Waals surface area (Å²) in [4.78, 5) is 11.1. The Morgan fingerprint density at radius 3 is 2.52 bits per heavy atom. The van der Waals surface area contributed by atoms with Gasteiger partial charge in [-0.2, -0.15) is 4.31 Å². The molecule has 11 heteroatoms. The highest BCUT2D eigenvalue weighted by molar-refractivity contribution is 8.02. The number of carboxylic acids is 1. The van der Waals surface area contributed by atoms with Crippen molar-refractivity contribution in [1.82, 2.24) is 9.31 Å². The van der Waals surface area contributed by atoms with E-state index >= 15 is 0 Å². The van der Waals surface area contributed by atoms with E-state index in [4.69, 9.17) is 4.74 Å². The molecule has 9 nitrogen and oxygen atoms in total. The van der Waals surface area contributed by atoms with Crippen LogP contribution in [0.1, 0.15) is 0 Å². The number of sulfonamides is 1. The number of benzene rings is 1. The SMILES string of the molecule is O=C([O-])[C@H]1SCCN1S(=O)(=O)c1ccc(N=NN2CCOCC2)cc1. The zero-order chi connectivity index (χ0) is 17.9. The van der Waals surface area contributed by atoms with Crippen molar-refractivity contribution in [2.75, 3.05) is 38.6 Å². The summed E-state index contributed by atoms with van der Waals surface area (Å²) in [7, 11) is -3.89. The van der Waals surface area contributed by atoms with Gasteiger partial charge >= 0.3 is 0 Å². The minimum Gasteiger partial charge on any atom is -0.547 e. The number of nitrogens with zero attached hydrogens (tertiary/aromatic N) is 4. The summed E-state index contributed by atoms with van der Waals surface area (Å²) in [6.07, 6.45) is 0. The smallest absolute Gasteiger partial charge is 0.244 e. The number of hydrogen-bond acceptors (Lipinski definition) is 8. The third-order valence-electron chi connectivity index (χ3n) is 3.77. The fraction of sp³-hybridized carbons (Fsp3) is 0.500. The van der Waals surface area contributed by atoms with Crippen LogP contribution in [0.2, 0.25) is 0 Å². The van der Waals surface area contributed by atoms with E-state index in [1.807, 2.05) is 0 Å². The third-order valence-corrected chi connectivity index (χ3v) is 6.96. The Hall–Kier alpha value is -1.69. The predicted molar refractivity (Wildman–Crippen MR) is 88.5 cm³/mol. The lowest BCUT2D eigenvalue weighted by Crippen LogP contribution is -2.45. The molecule has 0 aromatic heterocycles. The van der Waals surface area contributed by atoms with Crippen molar-refractivity contribution in [3.63, 3.8) is 0 Å². The summed E-state index contributed by atoms with van der Waals surface area (Å²) in [6.45, 7) is 2.66. The van der Waals surface area contributed by atoms with Gasteiger partial charge in [0.25, 0.3) is 0 Å². The van der Waals surface area contributed by atoms with Gasteiger partial charge in [-0.25, -0.2) is 8.42 Å². The number of hydrogen-bond donors (Lipinski definition) is 0. The monoisotopic (exact) mass is 385 g/mol. The highest BCUT2D eigenvalue weighted by atomic mass is 32.2. The third kappa shape index (κ3) is 4.11. The fourth-order valence-electron chi connectivity index (χ4n) is 2.46. The largest absolute Gasteiger partial charge is 0.547 e.